The first-order valence-electron chi connectivity index (χ1n) is 6.53. The van der Waals surface area contributed by atoms with Gasteiger partial charge in [-0.3, -0.25) is 0 Å². The van der Waals surface area contributed by atoms with Crippen LogP contribution < -0.4 is 0 Å². The van der Waals surface area contributed by atoms with Crippen LogP contribution in [-0.4, -0.2) is 6.43 Å². The van der Waals surface area contributed by atoms with Gasteiger partial charge in [0, 0.05) is 5.92 Å². The highest BCUT2D eigenvalue weighted by Gasteiger charge is 2.44. The van der Waals surface area contributed by atoms with Gasteiger partial charge in [0.05, 0.1) is 0 Å². The van der Waals surface area contributed by atoms with Crippen LogP contribution in [0.25, 0.3) is 0 Å². The molecular weight excluding hydrogens is 206 g/mol. The molecule has 0 spiro atoms. The predicted molar refractivity (Wildman–Crippen MR) is 64.6 cm³/mol. The van der Waals surface area contributed by atoms with Crippen LogP contribution in [0.3, 0.4) is 0 Å². The molecule has 0 aromatic heterocycles. The first-order chi connectivity index (χ1) is 7.25. The second-order valence-electron chi connectivity index (χ2n) is 6.73. The largest absolute Gasteiger partial charge is 0.241 e. The van der Waals surface area contributed by atoms with Gasteiger partial charge in [-0.25, -0.2) is 8.78 Å². The summed E-state index contributed by atoms with van der Waals surface area (Å²) in [7, 11) is 0. The molecule has 1 aliphatic carbocycles. The zero-order chi connectivity index (χ0) is 12.5. The van der Waals surface area contributed by atoms with Crippen LogP contribution in [0.2, 0.25) is 0 Å². The molecule has 0 heterocycles. The third-order valence-electron chi connectivity index (χ3n) is 4.18. The van der Waals surface area contributed by atoms with Gasteiger partial charge in [0.15, 0.2) is 0 Å². The summed E-state index contributed by atoms with van der Waals surface area (Å²) in [5, 5.41) is 0. The minimum Gasteiger partial charge on any atom is -0.210 e. The van der Waals surface area contributed by atoms with Crippen LogP contribution in [0.1, 0.15) is 53.9 Å². The van der Waals surface area contributed by atoms with E-state index in [9.17, 15) is 8.78 Å². The Labute approximate surface area is 98.8 Å². The van der Waals surface area contributed by atoms with Crippen molar-refractivity contribution in [2.45, 2.75) is 60.3 Å². The number of hydrogen-bond donors (Lipinski definition) is 0. The van der Waals surface area contributed by atoms with Crippen LogP contribution in [0.5, 0.6) is 0 Å². The van der Waals surface area contributed by atoms with Gasteiger partial charge in [0.2, 0.25) is 6.43 Å². The van der Waals surface area contributed by atoms with Crippen molar-refractivity contribution in [3.05, 3.63) is 0 Å². The molecule has 1 aliphatic rings. The maximum Gasteiger partial charge on any atom is 0.241 e. The van der Waals surface area contributed by atoms with E-state index < -0.39 is 6.43 Å². The number of hydrogen-bond acceptors (Lipinski definition) is 0. The van der Waals surface area contributed by atoms with Crippen molar-refractivity contribution in [3.8, 4) is 0 Å². The van der Waals surface area contributed by atoms with E-state index in [2.05, 4.69) is 34.6 Å². The average molecular weight is 232 g/mol. The fourth-order valence-electron chi connectivity index (χ4n) is 3.58. The van der Waals surface area contributed by atoms with Crippen LogP contribution in [0.15, 0.2) is 0 Å². The molecule has 0 aromatic carbocycles. The molecule has 0 N–H and O–H groups in total. The van der Waals surface area contributed by atoms with E-state index in [0.717, 1.165) is 12.8 Å². The lowest BCUT2D eigenvalue weighted by atomic mass is 9.59. The summed E-state index contributed by atoms with van der Waals surface area (Å²) in [5.41, 5.74) is -0.00352. The first-order valence-corrected chi connectivity index (χ1v) is 6.53. The SMILES string of the molecule is CC(C)C1CCCC(C(F)F)C1C(C)(C)C. The summed E-state index contributed by atoms with van der Waals surface area (Å²) in [6.45, 7) is 10.7. The number of rotatable bonds is 2. The lowest BCUT2D eigenvalue weighted by Crippen LogP contribution is -2.42. The molecule has 1 fully saturated rings. The molecule has 0 saturated heterocycles. The number of halogens is 2. The van der Waals surface area contributed by atoms with Gasteiger partial charge in [-0.2, -0.15) is 0 Å². The predicted octanol–water partition coefficient (Wildman–Crippen LogP) is 4.99. The Bertz CT molecular complexity index is 199. The molecular formula is C14H26F2. The summed E-state index contributed by atoms with van der Waals surface area (Å²) in [6.07, 6.45) is 0.668. The molecule has 3 atom stereocenters. The lowest BCUT2D eigenvalue weighted by molar-refractivity contribution is -0.0579. The Morgan fingerprint density at radius 3 is 1.88 bits per heavy atom. The third-order valence-corrected chi connectivity index (χ3v) is 4.18. The van der Waals surface area contributed by atoms with Gasteiger partial charge in [-0.05, 0) is 36.0 Å². The Kier molecular flexibility index (Phi) is 4.36. The molecule has 0 amide bonds. The van der Waals surface area contributed by atoms with Crippen molar-refractivity contribution in [1.82, 2.24) is 0 Å². The van der Waals surface area contributed by atoms with Gasteiger partial charge >= 0.3 is 0 Å². The van der Waals surface area contributed by atoms with Crippen molar-refractivity contribution in [3.63, 3.8) is 0 Å². The van der Waals surface area contributed by atoms with Gasteiger partial charge < -0.3 is 0 Å². The van der Waals surface area contributed by atoms with Crippen molar-refractivity contribution in [2.75, 3.05) is 0 Å². The van der Waals surface area contributed by atoms with E-state index in [-0.39, 0.29) is 17.3 Å². The Morgan fingerprint density at radius 2 is 1.50 bits per heavy atom. The molecule has 1 rings (SSSR count). The fraction of sp³-hybridized carbons (Fsp3) is 1.00. The summed E-state index contributed by atoms with van der Waals surface area (Å²) >= 11 is 0. The zero-order valence-corrected chi connectivity index (χ0v) is 11.3. The van der Waals surface area contributed by atoms with E-state index in [0.29, 0.717) is 18.3 Å². The van der Waals surface area contributed by atoms with Crippen molar-refractivity contribution < 1.29 is 8.78 Å². The molecule has 1 saturated carbocycles. The maximum absolute atomic E-state index is 13.1. The highest BCUT2D eigenvalue weighted by Crippen LogP contribution is 2.49. The van der Waals surface area contributed by atoms with Crippen LogP contribution in [-0.2, 0) is 0 Å². The zero-order valence-electron chi connectivity index (χ0n) is 11.3. The Balaban J connectivity index is 2.94. The molecule has 0 bridgehead atoms. The summed E-state index contributed by atoms with van der Waals surface area (Å²) in [5.74, 6) is 0.765. The van der Waals surface area contributed by atoms with Crippen LogP contribution in [0.4, 0.5) is 8.78 Å². The molecule has 3 unspecified atom stereocenters. The summed E-state index contributed by atoms with van der Waals surface area (Å²) in [4.78, 5) is 0. The van der Waals surface area contributed by atoms with E-state index in [1.807, 2.05) is 0 Å². The van der Waals surface area contributed by atoms with Crippen molar-refractivity contribution >= 4 is 0 Å². The third kappa shape index (κ3) is 2.95. The quantitative estimate of drug-likeness (QED) is 0.629. The Morgan fingerprint density at radius 1 is 1.00 bits per heavy atom. The topological polar surface area (TPSA) is 0 Å². The van der Waals surface area contributed by atoms with E-state index >= 15 is 0 Å². The highest BCUT2D eigenvalue weighted by molar-refractivity contribution is 4.91. The minimum absolute atomic E-state index is 0.00352. The standard InChI is InChI=1S/C14H26F2/c1-9(2)10-7-6-8-11(13(15)16)12(10)14(3,4)5/h9-13H,6-8H2,1-5H3. The first kappa shape index (κ1) is 13.9. The second kappa shape index (κ2) is 5.01. The van der Waals surface area contributed by atoms with Gasteiger partial charge in [0.1, 0.15) is 0 Å². The van der Waals surface area contributed by atoms with Gasteiger partial charge in [-0.15, -0.1) is 0 Å². The van der Waals surface area contributed by atoms with Crippen LogP contribution in [0, 0.1) is 29.1 Å². The molecule has 16 heavy (non-hydrogen) atoms. The van der Waals surface area contributed by atoms with Gasteiger partial charge in [-0.1, -0.05) is 41.0 Å². The van der Waals surface area contributed by atoms with Crippen LogP contribution >= 0.6 is 0 Å². The molecule has 0 aliphatic heterocycles. The maximum atomic E-state index is 13.1. The molecule has 0 nitrogen and oxygen atoms in total. The van der Waals surface area contributed by atoms with E-state index in [1.165, 1.54) is 0 Å². The molecule has 96 valence electrons. The normalized spacial score (nSPS) is 32.4. The molecule has 2 heteroatoms. The fourth-order valence-corrected chi connectivity index (χ4v) is 3.58. The molecule has 0 radical (unpaired) electrons. The van der Waals surface area contributed by atoms with E-state index in [4.69, 9.17) is 0 Å². The summed E-state index contributed by atoms with van der Waals surface area (Å²) in [6, 6.07) is 0. The molecule has 0 aromatic rings. The average Bonchev–Trinajstić information content (AvgIpc) is 2.15. The van der Waals surface area contributed by atoms with Crippen molar-refractivity contribution in [2.24, 2.45) is 29.1 Å². The number of alkyl halides is 2. The monoisotopic (exact) mass is 232 g/mol. The lowest BCUT2D eigenvalue weighted by Gasteiger charge is -2.47. The van der Waals surface area contributed by atoms with E-state index in [1.54, 1.807) is 0 Å². The highest BCUT2D eigenvalue weighted by atomic mass is 19.3. The van der Waals surface area contributed by atoms with Crippen molar-refractivity contribution in [1.29, 1.82) is 0 Å². The smallest absolute Gasteiger partial charge is 0.210 e. The second-order valence-corrected chi connectivity index (χ2v) is 6.73. The summed E-state index contributed by atoms with van der Waals surface area (Å²) < 4.78 is 26.3. The Hall–Kier alpha value is -0.140. The van der Waals surface area contributed by atoms with Gasteiger partial charge in [0.25, 0.3) is 0 Å². The minimum atomic E-state index is -2.15.